The van der Waals surface area contributed by atoms with Crippen LogP contribution in [0.5, 0.6) is 0 Å². The Morgan fingerprint density at radius 2 is 2.21 bits per heavy atom. The van der Waals surface area contributed by atoms with E-state index < -0.39 is 0 Å². The van der Waals surface area contributed by atoms with Crippen molar-refractivity contribution in [3.05, 3.63) is 24.0 Å². The molecule has 0 bridgehead atoms. The predicted octanol–water partition coefficient (Wildman–Crippen LogP) is 3.88. The zero-order valence-corrected chi connectivity index (χ0v) is 12.7. The number of nitriles is 1. The minimum absolute atomic E-state index is 0.202. The number of hydrogen-bond donors (Lipinski definition) is 1. The highest BCUT2D eigenvalue weighted by molar-refractivity contribution is 5.14. The van der Waals surface area contributed by atoms with Crippen molar-refractivity contribution < 1.29 is 0 Å². The van der Waals surface area contributed by atoms with Crippen molar-refractivity contribution >= 4 is 0 Å². The van der Waals surface area contributed by atoms with Gasteiger partial charge in [-0.25, -0.2) is 0 Å². The Hall–Kier alpha value is -1.27. The molecule has 1 N–H and O–H groups in total. The number of hydrogen-bond acceptors (Lipinski definition) is 2. The molecule has 0 aliphatic rings. The Kier molecular flexibility index (Phi) is 6.11. The van der Waals surface area contributed by atoms with E-state index in [1.807, 2.05) is 13.8 Å². The summed E-state index contributed by atoms with van der Waals surface area (Å²) in [6.45, 7) is 10.4. The third-order valence-electron chi connectivity index (χ3n) is 3.49. The standard InChI is InChI=1S/C16H27N3/c1-5-9-18-14(2)15-7-11-19(12-15)10-6-8-16(3,4)13-17/h7,11-12,14,18H,5-6,8-10H2,1-4H3. The molecule has 1 rings (SSSR count). The molecule has 0 saturated heterocycles. The van der Waals surface area contributed by atoms with Crippen molar-refractivity contribution in [2.24, 2.45) is 5.41 Å². The minimum atomic E-state index is -0.202. The SMILES string of the molecule is CCCNC(C)c1ccn(CCCC(C)(C)C#N)c1. The van der Waals surface area contributed by atoms with Gasteiger partial charge in [-0.3, -0.25) is 0 Å². The van der Waals surface area contributed by atoms with E-state index in [1.54, 1.807) is 0 Å². The largest absolute Gasteiger partial charge is 0.354 e. The van der Waals surface area contributed by atoms with Crippen LogP contribution in [-0.2, 0) is 6.54 Å². The van der Waals surface area contributed by atoms with Crippen LogP contribution >= 0.6 is 0 Å². The molecule has 1 aromatic rings. The Labute approximate surface area is 117 Å². The first-order valence-electron chi connectivity index (χ1n) is 7.29. The van der Waals surface area contributed by atoms with Crippen molar-refractivity contribution in [1.82, 2.24) is 9.88 Å². The molecule has 0 amide bonds. The van der Waals surface area contributed by atoms with Gasteiger partial charge in [-0.05, 0) is 58.2 Å². The van der Waals surface area contributed by atoms with Gasteiger partial charge in [-0.1, -0.05) is 6.92 Å². The first-order valence-corrected chi connectivity index (χ1v) is 7.29. The van der Waals surface area contributed by atoms with Crippen LogP contribution in [0.4, 0.5) is 0 Å². The second-order valence-corrected chi connectivity index (χ2v) is 5.96. The molecular weight excluding hydrogens is 234 g/mol. The van der Waals surface area contributed by atoms with E-state index in [1.165, 1.54) is 5.56 Å². The second kappa shape index (κ2) is 7.35. The molecule has 0 aliphatic carbocycles. The molecular formula is C16H27N3. The normalized spacial score (nSPS) is 13.2. The topological polar surface area (TPSA) is 40.8 Å². The van der Waals surface area contributed by atoms with Gasteiger partial charge >= 0.3 is 0 Å². The summed E-state index contributed by atoms with van der Waals surface area (Å²) in [5.41, 5.74) is 1.14. The van der Waals surface area contributed by atoms with E-state index in [0.29, 0.717) is 6.04 Å². The maximum Gasteiger partial charge on any atom is 0.0683 e. The van der Waals surface area contributed by atoms with Crippen LogP contribution in [0.15, 0.2) is 18.5 Å². The molecule has 3 heteroatoms. The molecule has 0 aromatic carbocycles. The smallest absolute Gasteiger partial charge is 0.0683 e. The quantitative estimate of drug-likeness (QED) is 0.771. The summed E-state index contributed by atoms with van der Waals surface area (Å²) in [5, 5.41) is 12.5. The van der Waals surface area contributed by atoms with Crippen LogP contribution in [0.2, 0.25) is 0 Å². The summed E-state index contributed by atoms with van der Waals surface area (Å²) >= 11 is 0. The highest BCUT2D eigenvalue weighted by atomic mass is 15.0. The monoisotopic (exact) mass is 261 g/mol. The number of nitrogens with one attached hydrogen (secondary N) is 1. The zero-order valence-electron chi connectivity index (χ0n) is 12.7. The third kappa shape index (κ3) is 5.48. The summed E-state index contributed by atoms with van der Waals surface area (Å²) in [5.74, 6) is 0. The van der Waals surface area contributed by atoms with E-state index in [9.17, 15) is 0 Å². The van der Waals surface area contributed by atoms with E-state index >= 15 is 0 Å². The number of rotatable bonds is 8. The lowest BCUT2D eigenvalue weighted by Gasteiger charge is -2.14. The Morgan fingerprint density at radius 3 is 2.84 bits per heavy atom. The van der Waals surface area contributed by atoms with Gasteiger partial charge in [0, 0.05) is 25.0 Å². The number of nitrogens with zero attached hydrogens (tertiary/aromatic N) is 2. The van der Waals surface area contributed by atoms with Crippen molar-refractivity contribution in [3.8, 4) is 6.07 Å². The molecule has 106 valence electrons. The van der Waals surface area contributed by atoms with Crippen LogP contribution < -0.4 is 5.32 Å². The molecule has 0 fully saturated rings. The molecule has 1 aromatic heterocycles. The van der Waals surface area contributed by atoms with E-state index in [-0.39, 0.29) is 5.41 Å². The van der Waals surface area contributed by atoms with Crippen LogP contribution in [0.3, 0.4) is 0 Å². The Balaban J connectivity index is 2.41. The average Bonchev–Trinajstić information content (AvgIpc) is 2.84. The zero-order chi connectivity index (χ0) is 14.3. The maximum atomic E-state index is 8.99. The van der Waals surface area contributed by atoms with Crippen molar-refractivity contribution in [3.63, 3.8) is 0 Å². The van der Waals surface area contributed by atoms with Gasteiger partial charge in [0.2, 0.25) is 0 Å². The molecule has 0 saturated carbocycles. The summed E-state index contributed by atoms with van der Waals surface area (Å²) in [7, 11) is 0. The van der Waals surface area contributed by atoms with E-state index in [4.69, 9.17) is 5.26 Å². The van der Waals surface area contributed by atoms with Crippen LogP contribution in [0.25, 0.3) is 0 Å². The van der Waals surface area contributed by atoms with Crippen LogP contribution in [0, 0.1) is 16.7 Å². The minimum Gasteiger partial charge on any atom is -0.354 e. The van der Waals surface area contributed by atoms with Gasteiger partial charge in [-0.2, -0.15) is 5.26 Å². The molecule has 1 heterocycles. The molecule has 1 unspecified atom stereocenters. The van der Waals surface area contributed by atoms with Crippen LogP contribution in [-0.4, -0.2) is 11.1 Å². The molecule has 19 heavy (non-hydrogen) atoms. The van der Waals surface area contributed by atoms with E-state index in [2.05, 4.69) is 48.3 Å². The van der Waals surface area contributed by atoms with Gasteiger partial charge in [0.05, 0.1) is 11.5 Å². The van der Waals surface area contributed by atoms with Crippen molar-refractivity contribution in [2.75, 3.05) is 6.54 Å². The van der Waals surface area contributed by atoms with Gasteiger partial charge < -0.3 is 9.88 Å². The van der Waals surface area contributed by atoms with Crippen molar-refractivity contribution in [2.45, 2.75) is 59.5 Å². The number of aryl methyl sites for hydroxylation is 1. The second-order valence-electron chi connectivity index (χ2n) is 5.96. The Bertz CT molecular complexity index is 412. The lowest BCUT2D eigenvalue weighted by Crippen LogP contribution is -2.18. The molecule has 0 radical (unpaired) electrons. The van der Waals surface area contributed by atoms with Crippen molar-refractivity contribution in [1.29, 1.82) is 5.26 Å². The molecule has 0 aliphatic heterocycles. The highest BCUT2D eigenvalue weighted by Crippen LogP contribution is 2.21. The first kappa shape index (κ1) is 15.8. The summed E-state index contributed by atoms with van der Waals surface area (Å²) < 4.78 is 2.23. The molecule has 3 nitrogen and oxygen atoms in total. The van der Waals surface area contributed by atoms with E-state index in [0.717, 1.165) is 32.4 Å². The summed E-state index contributed by atoms with van der Waals surface area (Å²) in [6.07, 6.45) is 7.51. The Morgan fingerprint density at radius 1 is 1.47 bits per heavy atom. The van der Waals surface area contributed by atoms with Gasteiger partial charge in [0.25, 0.3) is 0 Å². The van der Waals surface area contributed by atoms with Gasteiger partial charge in [-0.15, -0.1) is 0 Å². The lowest BCUT2D eigenvalue weighted by molar-refractivity contribution is 0.415. The molecule has 0 spiro atoms. The van der Waals surface area contributed by atoms with Crippen LogP contribution in [0.1, 0.15) is 58.6 Å². The lowest BCUT2D eigenvalue weighted by atomic mass is 9.90. The summed E-state index contributed by atoms with van der Waals surface area (Å²) in [6, 6.07) is 4.95. The fraction of sp³-hybridized carbons (Fsp3) is 0.688. The average molecular weight is 261 g/mol. The first-order chi connectivity index (χ1) is 8.98. The number of aromatic nitrogens is 1. The highest BCUT2D eigenvalue weighted by Gasteiger charge is 2.15. The maximum absolute atomic E-state index is 8.99. The fourth-order valence-electron chi connectivity index (χ4n) is 2.09. The van der Waals surface area contributed by atoms with Gasteiger partial charge in [0.1, 0.15) is 0 Å². The van der Waals surface area contributed by atoms with Gasteiger partial charge in [0.15, 0.2) is 0 Å². The predicted molar refractivity (Wildman–Crippen MR) is 79.8 cm³/mol. The molecule has 1 atom stereocenters. The fourth-order valence-corrected chi connectivity index (χ4v) is 2.09. The summed E-state index contributed by atoms with van der Waals surface area (Å²) in [4.78, 5) is 0. The third-order valence-corrected chi connectivity index (χ3v) is 3.49.